The van der Waals surface area contributed by atoms with Crippen LogP contribution in [0.2, 0.25) is 0 Å². The van der Waals surface area contributed by atoms with Crippen LogP contribution in [0.1, 0.15) is 71.0 Å². The highest BCUT2D eigenvalue weighted by Crippen LogP contribution is 2.25. The summed E-state index contributed by atoms with van der Waals surface area (Å²) in [6.45, 7) is 9.19. The van der Waals surface area contributed by atoms with E-state index in [1.54, 1.807) is 38.1 Å². The molecule has 0 bridgehead atoms. The van der Waals surface area contributed by atoms with Gasteiger partial charge in [0.25, 0.3) is 0 Å². The molecule has 0 spiro atoms. The number of hydrogen-bond acceptors (Lipinski definition) is 7. The van der Waals surface area contributed by atoms with Gasteiger partial charge in [-0.15, -0.1) is 0 Å². The van der Waals surface area contributed by atoms with Crippen molar-refractivity contribution in [1.29, 1.82) is 0 Å². The molecule has 0 aromatic heterocycles. The molecule has 4 N–H and O–H groups in total. The summed E-state index contributed by atoms with van der Waals surface area (Å²) in [4.78, 5) is 55.2. The zero-order chi connectivity index (χ0) is 33.4. The average molecular weight is 734 g/mol. The number of allylic oxidation sites excluding steroid dienone is 2. The minimum Gasteiger partial charge on any atom is -0.508 e. The number of esters is 1. The summed E-state index contributed by atoms with van der Waals surface area (Å²) in [5, 5.41) is 25.6. The molecule has 45 heavy (non-hydrogen) atoms. The number of aromatic hydroxyl groups is 2. The average Bonchev–Trinajstić information content (AvgIpc) is 2.95. The summed E-state index contributed by atoms with van der Waals surface area (Å²) in [6, 6.07) is 8.36. The molecule has 3 amide bonds. The molecule has 0 unspecified atom stereocenters. The molecular formula is C34H44IN3O7. The summed E-state index contributed by atoms with van der Waals surface area (Å²) in [5.41, 5.74) is 2.29. The molecular weight excluding hydrogens is 689 g/mol. The van der Waals surface area contributed by atoms with Gasteiger partial charge < -0.3 is 30.5 Å². The number of phenolic OH excluding ortho intramolecular Hbond substituents is 2. The van der Waals surface area contributed by atoms with Crippen molar-refractivity contribution in [3.63, 3.8) is 0 Å². The second kappa shape index (κ2) is 16.1. The van der Waals surface area contributed by atoms with Crippen molar-refractivity contribution in [2.45, 2.75) is 84.5 Å². The number of benzene rings is 2. The number of amides is 3. The normalized spacial score (nSPS) is 27.6. The molecule has 0 radical (unpaired) electrons. The van der Waals surface area contributed by atoms with Gasteiger partial charge in [-0.05, 0) is 97.5 Å². The Kier molecular flexibility index (Phi) is 12.8. The van der Waals surface area contributed by atoms with E-state index >= 15 is 0 Å². The number of likely N-dealkylation sites (N-methyl/N-ethyl adjacent to an activating group) is 1. The monoisotopic (exact) mass is 733 g/mol. The predicted molar refractivity (Wildman–Crippen MR) is 179 cm³/mol. The molecule has 6 atom stereocenters. The number of cyclic esters (lactones) is 1. The molecule has 0 saturated carbocycles. The number of carbonyl (C=O) groups is 4. The predicted octanol–water partition coefficient (Wildman–Crippen LogP) is 4.77. The zero-order valence-electron chi connectivity index (χ0n) is 26.7. The van der Waals surface area contributed by atoms with Crippen molar-refractivity contribution >= 4 is 46.3 Å². The number of halogens is 1. The van der Waals surface area contributed by atoms with E-state index in [1.165, 1.54) is 30.1 Å². The van der Waals surface area contributed by atoms with Crippen molar-refractivity contribution in [3.8, 4) is 11.5 Å². The lowest BCUT2D eigenvalue weighted by atomic mass is 9.95. The van der Waals surface area contributed by atoms with Gasteiger partial charge in [0.15, 0.2) is 0 Å². The maximum atomic E-state index is 14.0. The second-order valence-corrected chi connectivity index (χ2v) is 13.3. The Morgan fingerprint density at radius 3 is 2.24 bits per heavy atom. The first kappa shape index (κ1) is 35.9. The van der Waals surface area contributed by atoms with Crippen LogP contribution in [0.15, 0.2) is 54.1 Å². The molecule has 11 heteroatoms. The van der Waals surface area contributed by atoms with E-state index in [9.17, 15) is 29.4 Å². The third kappa shape index (κ3) is 10.5. The van der Waals surface area contributed by atoms with Gasteiger partial charge in [0.1, 0.15) is 23.6 Å². The first-order valence-corrected chi connectivity index (χ1v) is 16.2. The minimum absolute atomic E-state index is 0.0326. The van der Waals surface area contributed by atoms with Crippen molar-refractivity contribution in [2.24, 2.45) is 11.8 Å². The fourth-order valence-electron chi connectivity index (χ4n) is 5.62. The Bertz CT molecular complexity index is 1410. The van der Waals surface area contributed by atoms with Crippen LogP contribution >= 0.6 is 22.6 Å². The van der Waals surface area contributed by atoms with Crippen molar-refractivity contribution in [1.82, 2.24) is 15.5 Å². The molecule has 10 nitrogen and oxygen atoms in total. The third-order valence-electron chi connectivity index (χ3n) is 7.95. The maximum absolute atomic E-state index is 14.0. The number of nitrogens with one attached hydrogen (secondary N) is 2. The van der Waals surface area contributed by atoms with Gasteiger partial charge in [0.2, 0.25) is 17.7 Å². The molecule has 0 fully saturated rings. The van der Waals surface area contributed by atoms with Gasteiger partial charge in [0.05, 0.1) is 22.1 Å². The number of ether oxygens (including phenoxy) is 1. The van der Waals surface area contributed by atoms with Crippen molar-refractivity contribution in [2.75, 3.05) is 7.05 Å². The van der Waals surface area contributed by atoms with E-state index in [0.717, 1.165) is 5.57 Å². The fourth-order valence-corrected chi connectivity index (χ4v) is 6.20. The van der Waals surface area contributed by atoms with Crippen LogP contribution in [0.4, 0.5) is 0 Å². The van der Waals surface area contributed by atoms with Gasteiger partial charge in [0, 0.05) is 19.4 Å². The molecule has 1 aliphatic heterocycles. The lowest BCUT2D eigenvalue weighted by molar-refractivity contribution is -0.149. The lowest BCUT2D eigenvalue weighted by Gasteiger charge is -2.32. The third-order valence-corrected chi connectivity index (χ3v) is 8.82. The number of rotatable bonds is 3. The van der Waals surface area contributed by atoms with E-state index < -0.39 is 47.9 Å². The molecule has 0 aliphatic carbocycles. The van der Waals surface area contributed by atoms with Crippen molar-refractivity contribution in [3.05, 3.63) is 68.8 Å². The number of nitrogens with zero attached hydrogens (tertiary/aromatic N) is 1. The number of carbonyl (C=O) groups excluding carboxylic acids is 4. The molecule has 3 rings (SSSR count). The Morgan fingerprint density at radius 2 is 1.60 bits per heavy atom. The molecule has 2 aromatic carbocycles. The summed E-state index contributed by atoms with van der Waals surface area (Å²) in [5.74, 6) is -1.94. The van der Waals surface area contributed by atoms with Gasteiger partial charge in [-0.25, -0.2) is 0 Å². The summed E-state index contributed by atoms with van der Waals surface area (Å²) >= 11 is 1.99. The summed E-state index contributed by atoms with van der Waals surface area (Å²) in [7, 11) is 1.51. The van der Waals surface area contributed by atoms with Crippen molar-refractivity contribution < 1.29 is 34.1 Å². The number of hydrogen-bond donors (Lipinski definition) is 4. The van der Waals surface area contributed by atoms with E-state index in [4.69, 9.17) is 4.74 Å². The van der Waals surface area contributed by atoms with E-state index in [-0.39, 0.29) is 36.2 Å². The largest absolute Gasteiger partial charge is 0.508 e. The van der Waals surface area contributed by atoms with Crippen LogP contribution in [-0.2, 0) is 30.3 Å². The standard InChI is InChI=1S/C34H44IN3O7/c1-19-13-20(2)15-22(4)45-31(41)18-28(25-8-10-26(39)11-9-25)37-33(43)29(17-24-7-12-30(40)27(35)16-24)38(6)34(44)23(5)36-32(42)21(3)14-19/h7-13,16,20-23,28-29,39-40H,14-15,17-18H2,1-6H3,(H,36,42)(H,37,43)/b19-13+/t20-,21-,22+,23-,28+,29+/m0/s1. The van der Waals surface area contributed by atoms with Gasteiger partial charge >= 0.3 is 5.97 Å². The van der Waals surface area contributed by atoms with E-state index in [2.05, 4.69) is 16.7 Å². The topological polar surface area (TPSA) is 145 Å². The molecule has 1 aliphatic rings. The van der Waals surface area contributed by atoms with Crippen LogP contribution in [0.3, 0.4) is 0 Å². The zero-order valence-corrected chi connectivity index (χ0v) is 28.8. The number of phenols is 2. The highest BCUT2D eigenvalue weighted by molar-refractivity contribution is 14.1. The molecule has 0 saturated heterocycles. The quantitative estimate of drug-likeness (QED) is 0.202. The van der Waals surface area contributed by atoms with E-state index in [0.29, 0.717) is 27.5 Å². The second-order valence-electron chi connectivity index (χ2n) is 12.2. The Hall–Kier alpha value is -3.61. The van der Waals surface area contributed by atoms with Gasteiger partial charge in [-0.1, -0.05) is 43.7 Å². The van der Waals surface area contributed by atoms with Crippen LogP contribution < -0.4 is 10.6 Å². The molecule has 244 valence electrons. The lowest BCUT2D eigenvalue weighted by Crippen LogP contribution is -2.55. The minimum atomic E-state index is -1.03. The fraction of sp³-hybridized carbons (Fsp3) is 0.471. The van der Waals surface area contributed by atoms with Crippen LogP contribution in [0, 0.1) is 15.4 Å². The summed E-state index contributed by atoms with van der Waals surface area (Å²) < 4.78 is 6.33. The maximum Gasteiger partial charge on any atom is 0.308 e. The van der Waals surface area contributed by atoms with Crippen LogP contribution in [-0.4, -0.2) is 64.0 Å². The summed E-state index contributed by atoms with van der Waals surface area (Å²) in [6.07, 6.45) is 2.68. The smallest absolute Gasteiger partial charge is 0.308 e. The van der Waals surface area contributed by atoms with Gasteiger partial charge in [-0.3, -0.25) is 19.2 Å². The highest BCUT2D eigenvalue weighted by atomic mass is 127. The molecule has 1 heterocycles. The first-order chi connectivity index (χ1) is 21.1. The van der Waals surface area contributed by atoms with Crippen LogP contribution in [0.25, 0.3) is 0 Å². The Balaban J connectivity index is 2.03. The SMILES string of the molecule is C/C1=C\[C@H](C)C[C@@H](C)OC(=O)C[C@H](c2ccc(O)cc2)NC(=O)[C@@H](Cc2ccc(O)c(I)c2)N(C)C(=O)[C@H](C)NC(=O)[C@@H](C)C1. The van der Waals surface area contributed by atoms with Gasteiger partial charge in [-0.2, -0.15) is 0 Å². The van der Waals surface area contributed by atoms with Crippen LogP contribution in [0.5, 0.6) is 11.5 Å². The Labute approximate surface area is 278 Å². The highest BCUT2D eigenvalue weighted by Gasteiger charge is 2.33. The van der Waals surface area contributed by atoms with E-state index in [1.807, 2.05) is 43.4 Å². The Morgan fingerprint density at radius 1 is 0.933 bits per heavy atom. The molecule has 2 aromatic rings. The first-order valence-electron chi connectivity index (χ1n) is 15.1.